The Hall–Kier alpha value is -0.570. The van der Waals surface area contributed by atoms with Gasteiger partial charge in [-0.05, 0) is 56.4 Å². The monoisotopic (exact) mass is 224 g/mol. The first-order chi connectivity index (χ1) is 7.52. The minimum Gasteiger partial charge on any atom is -0.368 e. The number of primary amides is 1. The molecule has 2 unspecified atom stereocenters. The molecule has 0 radical (unpaired) electrons. The second-order valence-corrected chi connectivity index (χ2v) is 6.12. The molecule has 1 amide bonds. The summed E-state index contributed by atoms with van der Waals surface area (Å²) in [7, 11) is 0. The van der Waals surface area contributed by atoms with Crippen LogP contribution in [0.4, 0.5) is 0 Å². The van der Waals surface area contributed by atoms with Crippen LogP contribution in [0.3, 0.4) is 0 Å². The Kier molecular flexibility index (Phi) is 3.24. The van der Waals surface area contributed by atoms with Crippen LogP contribution in [-0.2, 0) is 4.79 Å². The molecular weight excluding hydrogens is 200 g/mol. The third-order valence-electron chi connectivity index (χ3n) is 4.10. The maximum Gasteiger partial charge on any atom is 0.237 e. The summed E-state index contributed by atoms with van der Waals surface area (Å²) in [6.07, 6.45) is 5.68. The predicted octanol–water partition coefficient (Wildman–Crippen LogP) is 1.67. The lowest BCUT2D eigenvalue weighted by Crippen LogP contribution is -2.59. The van der Waals surface area contributed by atoms with Crippen LogP contribution in [0.15, 0.2) is 0 Å². The van der Waals surface area contributed by atoms with Crippen LogP contribution in [0.5, 0.6) is 0 Å². The summed E-state index contributed by atoms with van der Waals surface area (Å²) in [5, 5.41) is 3.48. The summed E-state index contributed by atoms with van der Waals surface area (Å²) in [6, 6.07) is 0. The van der Waals surface area contributed by atoms with E-state index in [1.54, 1.807) is 0 Å². The summed E-state index contributed by atoms with van der Waals surface area (Å²) in [4.78, 5) is 11.8. The first-order valence-electron chi connectivity index (χ1n) is 6.57. The molecule has 2 saturated carbocycles. The van der Waals surface area contributed by atoms with Crippen molar-refractivity contribution in [3.63, 3.8) is 0 Å². The highest BCUT2D eigenvalue weighted by Crippen LogP contribution is 2.37. The maximum absolute atomic E-state index is 11.8. The third kappa shape index (κ3) is 2.57. The minimum absolute atomic E-state index is 0.147. The van der Waals surface area contributed by atoms with Crippen molar-refractivity contribution in [1.29, 1.82) is 0 Å². The van der Waals surface area contributed by atoms with Crippen LogP contribution in [0, 0.1) is 17.8 Å². The van der Waals surface area contributed by atoms with Crippen molar-refractivity contribution in [2.75, 3.05) is 6.54 Å². The molecule has 3 heteroatoms. The molecule has 0 heterocycles. The topological polar surface area (TPSA) is 55.1 Å². The molecule has 2 aliphatic rings. The second-order valence-electron chi connectivity index (χ2n) is 6.12. The number of hydrogen-bond acceptors (Lipinski definition) is 2. The Balaban J connectivity index is 2.03. The Morgan fingerprint density at radius 1 is 1.31 bits per heavy atom. The van der Waals surface area contributed by atoms with Gasteiger partial charge in [-0.15, -0.1) is 0 Å². The SMILES string of the molecule is CC1CC(C)CC(NCC2CC2)(C(N)=O)C1. The van der Waals surface area contributed by atoms with Gasteiger partial charge in [-0.1, -0.05) is 13.8 Å². The van der Waals surface area contributed by atoms with Gasteiger partial charge >= 0.3 is 0 Å². The largest absolute Gasteiger partial charge is 0.368 e. The molecule has 16 heavy (non-hydrogen) atoms. The number of carbonyl (C=O) groups excluding carboxylic acids is 1. The van der Waals surface area contributed by atoms with E-state index < -0.39 is 5.54 Å². The maximum atomic E-state index is 11.8. The predicted molar refractivity (Wildman–Crippen MR) is 64.8 cm³/mol. The van der Waals surface area contributed by atoms with Crippen molar-refractivity contribution < 1.29 is 4.79 Å². The number of nitrogens with one attached hydrogen (secondary N) is 1. The minimum atomic E-state index is -0.417. The van der Waals surface area contributed by atoms with Gasteiger partial charge < -0.3 is 11.1 Å². The lowest BCUT2D eigenvalue weighted by Gasteiger charge is -2.41. The van der Waals surface area contributed by atoms with Crippen LogP contribution in [0.1, 0.15) is 46.0 Å². The highest BCUT2D eigenvalue weighted by molar-refractivity contribution is 5.84. The summed E-state index contributed by atoms with van der Waals surface area (Å²) >= 11 is 0. The molecule has 0 aromatic heterocycles. The second kappa shape index (κ2) is 4.36. The molecule has 0 saturated heterocycles. The van der Waals surface area contributed by atoms with E-state index in [2.05, 4.69) is 19.2 Å². The molecule has 92 valence electrons. The summed E-state index contributed by atoms with van der Waals surface area (Å²) in [5.41, 5.74) is 5.21. The smallest absolute Gasteiger partial charge is 0.237 e. The molecule has 3 N–H and O–H groups in total. The van der Waals surface area contributed by atoms with E-state index in [-0.39, 0.29) is 5.91 Å². The van der Waals surface area contributed by atoms with Gasteiger partial charge in [0.15, 0.2) is 0 Å². The van der Waals surface area contributed by atoms with Crippen LogP contribution >= 0.6 is 0 Å². The van der Waals surface area contributed by atoms with E-state index in [1.165, 1.54) is 19.3 Å². The van der Waals surface area contributed by atoms with Crippen molar-refractivity contribution in [3.05, 3.63) is 0 Å². The average molecular weight is 224 g/mol. The van der Waals surface area contributed by atoms with Gasteiger partial charge in [0.2, 0.25) is 5.91 Å². The van der Waals surface area contributed by atoms with Gasteiger partial charge in [0.05, 0.1) is 5.54 Å². The van der Waals surface area contributed by atoms with E-state index in [9.17, 15) is 4.79 Å². The molecule has 0 spiro atoms. The van der Waals surface area contributed by atoms with Crippen molar-refractivity contribution >= 4 is 5.91 Å². The van der Waals surface area contributed by atoms with E-state index in [1.807, 2.05) is 0 Å². The molecule has 2 atom stereocenters. The summed E-state index contributed by atoms with van der Waals surface area (Å²) in [5.74, 6) is 1.85. The lowest BCUT2D eigenvalue weighted by molar-refractivity contribution is -0.127. The quantitative estimate of drug-likeness (QED) is 0.763. The van der Waals surface area contributed by atoms with E-state index >= 15 is 0 Å². The van der Waals surface area contributed by atoms with E-state index in [0.717, 1.165) is 25.3 Å². The molecule has 2 aliphatic carbocycles. The molecule has 2 rings (SSSR count). The van der Waals surface area contributed by atoms with Crippen molar-refractivity contribution in [2.24, 2.45) is 23.5 Å². The van der Waals surface area contributed by atoms with Crippen molar-refractivity contribution in [1.82, 2.24) is 5.32 Å². The zero-order chi connectivity index (χ0) is 11.8. The van der Waals surface area contributed by atoms with Crippen LogP contribution < -0.4 is 11.1 Å². The normalized spacial score (nSPS) is 39.6. The van der Waals surface area contributed by atoms with E-state index in [4.69, 9.17) is 5.73 Å². The van der Waals surface area contributed by atoms with Crippen LogP contribution in [0.2, 0.25) is 0 Å². The fraction of sp³-hybridized carbons (Fsp3) is 0.923. The first-order valence-corrected chi connectivity index (χ1v) is 6.57. The molecular formula is C13H24N2O. The average Bonchev–Trinajstić information content (AvgIpc) is 2.96. The van der Waals surface area contributed by atoms with Crippen molar-refractivity contribution in [2.45, 2.75) is 51.5 Å². The van der Waals surface area contributed by atoms with Gasteiger partial charge in [0.1, 0.15) is 0 Å². The number of carbonyl (C=O) groups is 1. The Morgan fingerprint density at radius 3 is 2.31 bits per heavy atom. The third-order valence-corrected chi connectivity index (χ3v) is 4.10. The van der Waals surface area contributed by atoms with Gasteiger partial charge in [-0.2, -0.15) is 0 Å². The summed E-state index contributed by atoms with van der Waals surface area (Å²) < 4.78 is 0. The molecule has 3 nitrogen and oxygen atoms in total. The van der Waals surface area contributed by atoms with Gasteiger partial charge in [-0.25, -0.2) is 0 Å². The standard InChI is InChI=1S/C13H24N2O/c1-9-5-10(2)7-13(6-9,12(14)16)15-8-11-3-4-11/h9-11,15H,3-8H2,1-2H3,(H2,14,16). The zero-order valence-corrected chi connectivity index (χ0v) is 10.5. The van der Waals surface area contributed by atoms with Crippen LogP contribution in [-0.4, -0.2) is 18.0 Å². The van der Waals surface area contributed by atoms with Gasteiger partial charge in [0, 0.05) is 0 Å². The highest BCUT2D eigenvalue weighted by atomic mass is 16.1. The van der Waals surface area contributed by atoms with Gasteiger partial charge in [0.25, 0.3) is 0 Å². The fourth-order valence-electron chi connectivity index (χ4n) is 3.22. The van der Waals surface area contributed by atoms with Crippen molar-refractivity contribution in [3.8, 4) is 0 Å². The number of rotatable bonds is 4. The number of hydrogen-bond donors (Lipinski definition) is 2. The Bertz CT molecular complexity index is 263. The molecule has 2 fully saturated rings. The van der Waals surface area contributed by atoms with E-state index in [0.29, 0.717) is 11.8 Å². The fourth-order valence-corrected chi connectivity index (χ4v) is 3.22. The Morgan fingerprint density at radius 2 is 1.88 bits per heavy atom. The highest BCUT2D eigenvalue weighted by Gasteiger charge is 2.43. The molecule has 0 bridgehead atoms. The van der Waals surface area contributed by atoms with Gasteiger partial charge in [-0.3, -0.25) is 4.79 Å². The Labute approximate surface area is 98.2 Å². The lowest BCUT2D eigenvalue weighted by atomic mass is 9.71. The molecule has 0 aromatic rings. The molecule has 0 aliphatic heterocycles. The number of nitrogens with two attached hydrogens (primary N) is 1. The zero-order valence-electron chi connectivity index (χ0n) is 10.5. The first kappa shape index (κ1) is 11.9. The van der Waals surface area contributed by atoms with Crippen LogP contribution in [0.25, 0.3) is 0 Å². The molecule has 0 aromatic carbocycles. The number of amides is 1. The summed E-state index contributed by atoms with van der Waals surface area (Å²) in [6.45, 7) is 5.43.